The largest absolute Gasteiger partial charge is 0.479 e. The van der Waals surface area contributed by atoms with Crippen molar-refractivity contribution < 1.29 is 124 Å². The fourth-order valence-electron chi connectivity index (χ4n) is 16.3. The Labute approximate surface area is 457 Å². The summed E-state index contributed by atoms with van der Waals surface area (Å²) in [5.41, 5.74) is -3.38. The van der Waals surface area contributed by atoms with Gasteiger partial charge in [0.1, 0.15) is 91.6 Å². The number of carbonyl (C=O) groups is 3. The van der Waals surface area contributed by atoms with Gasteiger partial charge < -0.3 is 109 Å². The molecule has 0 amide bonds. The zero-order valence-electron chi connectivity index (χ0n) is 45.7. The third-order valence-electron chi connectivity index (χ3n) is 21.1. The van der Waals surface area contributed by atoms with Crippen LogP contribution in [-0.4, -0.2) is 238 Å². The van der Waals surface area contributed by atoms with E-state index in [-0.39, 0.29) is 23.5 Å². The lowest BCUT2D eigenvalue weighted by molar-refractivity contribution is -0.396. The van der Waals surface area contributed by atoms with Crippen molar-refractivity contribution in [1.29, 1.82) is 0 Å². The molecule has 0 aromatic heterocycles. The van der Waals surface area contributed by atoms with E-state index in [9.17, 15) is 81.1 Å². The molecule has 450 valence electrons. The SMILES string of the molecule is CC1(C)CC[C@]2(C(=O)O[C@@H]3O[C@H](CO)[C@@H](O)[C@H](O)[C@H]3O)CC[C@]3(C)C(=CC(=O)[C@@H]4[C@@]5(C)CC[C@H](O[C@@H]6O[C@H](C(=O)O)[C@@H](O)[C@H](O[C@@H]7O[C@H](CO)[C@H](O)[C@H](O)[C@H]7O)[C@H]6O[C@@H]6O[C@H](CO)[C@@H](O)[C@H](O)[C@H]6O)C(C)(C)[C@@H]5CC[C@]43C)[C@@H]2C1. The number of aliphatic carboxylic acids is 1. The molecule has 0 aromatic rings. The quantitative estimate of drug-likeness (QED) is 0.0695. The molecule has 4 saturated carbocycles. The Morgan fingerprint density at radius 1 is 0.570 bits per heavy atom. The number of carbonyl (C=O) groups excluding carboxylic acids is 2. The predicted octanol–water partition coefficient (Wildman–Crippen LogP) is -2.76. The van der Waals surface area contributed by atoms with Crippen molar-refractivity contribution in [1.82, 2.24) is 0 Å². The van der Waals surface area contributed by atoms with Crippen LogP contribution in [0, 0.1) is 50.2 Å². The molecule has 0 radical (unpaired) electrons. The number of aliphatic hydroxyl groups is 13. The average Bonchev–Trinajstić information content (AvgIpc) is 2.25. The number of carboxylic acid groups (broad SMARTS) is 1. The van der Waals surface area contributed by atoms with Crippen LogP contribution in [-0.2, 0) is 52.3 Å². The number of aliphatic hydroxyl groups excluding tert-OH is 13. The van der Waals surface area contributed by atoms with Crippen molar-refractivity contribution in [2.45, 2.75) is 235 Å². The van der Waals surface area contributed by atoms with E-state index in [4.69, 9.17) is 37.9 Å². The van der Waals surface area contributed by atoms with Gasteiger partial charge >= 0.3 is 11.9 Å². The van der Waals surface area contributed by atoms with Gasteiger partial charge in [-0.05, 0) is 103 Å². The molecule has 5 aliphatic carbocycles. The van der Waals surface area contributed by atoms with Crippen LogP contribution in [0.1, 0.15) is 106 Å². The number of ether oxygens (including phenoxy) is 8. The number of rotatable bonds is 12. The van der Waals surface area contributed by atoms with Gasteiger partial charge in [0, 0.05) is 5.92 Å². The first-order chi connectivity index (χ1) is 36.9. The highest BCUT2D eigenvalue weighted by molar-refractivity contribution is 5.96. The van der Waals surface area contributed by atoms with Gasteiger partial charge in [-0.1, -0.05) is 54.0 Å². The van der Waals surface area contributed by atoms with Crippen molar-refractivity contribution >= 4 is 17.7 Å². The molecule has 0 spiro atoms. The Morgan fingerprint density at radius 3 is 1.61 bits per heavy atom. The first-order valence-corrected chi connectivity index (χ1v) is 27.8. The third-order valence-corrected chi connectivity index (χ3v) is 21.1. The van der Waals surface area contributed by atoms with Crippen LogP contribution in [0.25, 0.3) is 0 Å². The Hall–Kier alpha value is -2.45. The van der Waals surface area contributed by atoms with Gasteiger partial charge in [0.05, 0.1) is 31.3 Å². The highest BCUT2D eigenvalue weighted by atomic mass is 16.8. The van der Waals surface area contributed by atoms with E-state index < -0.39 is 200 Å². The van der Waals surface area contributed by atoms with Gasteiger partial charge in [-0.25, -0.2) is 4.79 Å². The van der Waals surface area contributed by atoms with Crippen LogP contribution in [0.2, 0.25) is 0 Å². The maximum Gasteiger partial charge on any atom is 0.335 e. The molecule has 4 saturated heterocycles. The molecule has 9 rings (SSSR count). The van der Waals surface area contributed by atoms with E-state index in [1.807, 2.05) is 13.8 Å². The molecule has 4 aliphatic heterocycles. The van der Waals surface area contributed by atoms with Crippen LogP contribution < -0.4 is 0 Å². The molecular weight excluding hydrogens is 1050 g/mol. The lowest BCUT2D eigenvalue weighted by Crippen LogP contribution is -2.69. The molecule has 25 nitrogen and oxygen atoms in total. The molecule has 28 atom stereocenters. The van der Waals surface area contributed by atoms with Gasteiger partial charge in [0.25, 0.3) is 0 Å². The highest BCUT2D eigenvalue weighted by Gasteiger charge is 2.72. The minimum Gasteiger partial charge on any atom is -0.479 e. The predicted molar refractivity (Wildman–Crippen MR) is 264 cm³/mol. The summed E-state index contributed by atoms with van der Waals surface area (Å²) < 4.78 is 48.0. The summed E-state index contributed by atoms with van der Waals surface area (Å²) in [6.07, 6.45) is -31.7. The van der Waals surface area contributed by atoms with E-state index >= 15 is 4.79 Å². The lowest BCUT2D eigenvalue weighted by Gasteiger charge is -2.70. The Bertz CT molecular complexity index is 2280. The second kappa shape index (κ2) is 21.9. The standard InChI is InChI=1S/C54H84O25/c1-49(2)12-14-54(48(71)79-46-37(67)34(64)31(61)26(20-57)74-46)15-13-52(6)21(22(54)17-49)16-23(58)42-51(5)10-9-28(50(3,4)27(51)8-11-53(42,52)7)75-47-41(78-45-36(66)33(63)30(60)25(19-56)73-45)39(38(68)40(77-47)43(69)70)76-44-35(65)32(62)29(59)24(18-55)72-44/h16,22,24-42,44-47,55-57,59-68H,8-15,17-20H2,1-7H3,(H,69,70)/t22-,24+,25+,26+,27-,28-,29-,30+,31+,32-,33-,34-,35+,36+,37+,38-,39-,40-,41+,42+,44-,45-,46-,47+,51-,52+,53+,54-/m0/s1. The minimum absolute atomic E-state index is 0.103. The van der Waals surface area contributed by atoms with E-state index in [0.29, 0.717) is 51.4 Å². The Kier molecular flexibility index (Phi) is 16.9. The fraction of sp³-hybridized carbons (Fsp3) is 0.907. The van der Waals surface area contributed by atoms with E-state index in [1.165, 1.54) is 0 Å². The first kappa shape index (κ1) is 61.1. The molecular formula is C54H84O25. The van der Waals surface area contributed by atoms with Gasteiger partial charge in [-0.2, -0.15) is 0 Å². The molecule has 0 unspecified atom stereocenters. The average molecular weight is 1130 g/mol. The maximum atomic E-state index is 15.4. The highest BCUT2D eigenvalue weighted by Crippen LogP contribution is 2.75. The monoisotopic (exact) mass is 1130 g/mol. The maximum absolute atomic E-state index is 15.4. The van der Waals surface area contributed by atoms with Gasteiger partial charge in [0.15, 0.2) is 30.8 Å². The van der Waals surface area contributed by atoms with Crippen molar-refractivity contribution in [2.24, 2.45) is 50.2 Å². The summed E-state index contributed by atoms with van der Waals surface area (Å²) in [4.78, 5) is 43.1. The molecule has 25 heteroatoms. The lowest BCUT2D eigenvalue weighted by atomic mass is 9.33. The number of hydrogen-bond acceptors (Lipinski definition) is 24. The van der Waals surface area contributed by atoms with Crippen molar-refractivity contribution in [3.63, 3.8) is 0 Å². The first-order valence-electron chi connectivity index (χ1n) is 27.8. The second-order valence-corrected chi connectivity index (χ2v) is 26.3. The fourth-order valence-corrected chi connectivity index (χ4v) is 16.3. The summed E-state index contributed by atoms with van der Waals surface area (Å²) in [6.45, 7) is 12.2. The van der Waals surface area contributed by atoms with Crippen LogP contribution in [0.4, 0.5) is 0 Å². The normalized spacial score (nSPS) is 52.4. The zero-order valence-corrected chi connectivity index (χ0v) is 45.7. The second-order valence-electron chi connectivity index (χ2n) is 26.3. The number of hydrogen-bond donors (Lipinski definition) is 14. The smallest absolute Gasteiger partial charge is 0.335 e. The minimum atomic E-state index is -2.20. The van der Waals surface area contributed by atoms with Crippen LogP contribution in [0.3, 0.4) is 0 Å². The van der Waals surface area contributed by atoms with Gasteiger partial charge in [-0.15, -0.1) is 0 Å². The van der Waals surface area contributed by atoms with E-state index in [1.54, 1.807) is 6.08 Å². The van der Waals surface area contributed by atoms with Crippen LogP contribution in [0.15, 0.2) is 11.6 Å². The topological polar surface area (TPSA) is 408 Å². The van der Waals surface area contributed by atoms with Gasteiger partial charge in [-0.3, -0.25) is 9.59 Å². The molecule has 9 aliphatic rings. The van der Waals surface area contributed by atoms with E-state index in [0.717, 1.165) is 5.57 Å². The molecule has 0 aromatic carbocycles. The number of fused-ring (bicyclic) bond motifs is 7. The number of esters is 1. The van der Waals surface area contributed by atoms with Crippen molar-refractivity contribution in [2.75, 3.05) is 19.8 Å². The van der Waals surface area contributed by atoms with Crippen LogP contribution in [0.5, 0.6) is 0 Å². The third kappa shape index (κ3) is 9.86. The van der Waals surface area contributed by atoms with Gasteiger partial charge in [0.2, 0.25) is 6.29 Å². The number of ketones is 1. The zero-order chi connectivity index (χ0) is 58.0. The number of allylic oxidation sites excluding steroid dienone is 2. The Morgan fingerprint density at radius 2 is 1.08 bits per heavy atom. The summed E-state index contributed by atoms with van der Waals surface area (Å²) >= 11 is 0. The van der Waals surface area contributed by atoms with E-state index in [2.05, 4.69) is 34.6 Å². The molecule has 8 fully saturated rings. The summed E-state index contributed by atoms with van der Waals surface area (Å²) in [7, 11) is 0. The molecule has 4 heterocycles. The van der Waals surface area contributed by atoms with Crippen LogP contribution >= 0.6 is 0 Å². The molecule has 79 heavy (non-hydrogen) atoms. The summed E-state index contributed by atoms with van der Waals surface area (Å²) in [5, 5.41) is 149. The van der Waals surface area contributed by atoms with Crippen molar-refractivity contribution in [3.8, 4) is 0 Å². The molecule has 14 N–H and O–H groups in total. The number of carboxylic acids is 1. The van der Waals surface area contributed by atoms with Crippen molar-refractivity contribution in [3.05, 3.63) is 11.6 Å². The molecule has 0 bridgehead atoms. The summed E-state index contributed by atoms with van der Waals surface area (Å²) in [6, 6.07) is 0. The summed E-state index contributed by atoms with van der Waals surface area (Å²) in [5.74, 6) is -3.73. The Balaban J connectivity index is 1.02.